The van der Waals surface area contributed by atoms with Crippen molar-refractivity contribution in [2.75, 3.05) is 10.6 Å². The molecule has 4 unspecified atom stereocenters. The van der Waals surface area contributed by atoms with Gasteiger partial charge in [0.1, 0.15) is 11.2 Å². The maximum atomic E-state index is 11.4. The molecule has 4 heteroatoms. The summed E-state index contributed by atoms with van der Waals surface area (Å²) in [5.41, 5.74) is 1.36. The Balaban J connectivity index is 1.67. The largest absolute Gasteiger partial charge is 0.380 e. The first-order chi connectivity index (χ1) is 11.3. The van der Waals surface area contributed by atoms with E-state index in [1.165, 1.54) is 0 Å². The highest BCUT2D eigenvalue weighted by Crippen LogP contribution is 2.64. The van der Waals surface area contributed by atoms with Gasteiger partial charge in [0.15, 0.2) is 5.72 Å². The Morgan fingerprint density at radius 2 is 1.46 bits per heavy atom. The van der Waals surface area contributed by atoms with E-state index >= 15 is 0 Å². The molecule has 0 aliphatic carbocycles. The fourth-order valence-corrected chi connectivity index (χ4v) is 4.90. The van der Waals surface area contributed by atoms with E-state index in [9.17, 15) is 5.11 Å². The van der Waals surface area contributed by atoms with Crippen molar-refractivity contribution in [1.29, 1.82) is 0 Å². The molecule has 0 amide bonds. The number of hydrogen-bond acceptors (Lipinski definition) is 4. The molecule has 3 aliphatic heterocycles. The molecule has 0 aromatic heterocycles. The number of benzene rings is 2. The highest BCUT2D eigenvalue weighted by atomic mass is 16.6. The SMILES string of the molecule is CC12CC3(Nc4ccccc4C3(C)O)OC1(C)c1ccccc1N2. The topological polar surface area (TPSA) is 53.5 Å². The second-order valence-corrected chi connectivity index (χ2v) is 7.88. The van der Waals surface area contributed by atoms with Crippen molar-refractivity contribution in [2.24, 2.45) is 0 Å². The molecule has 4 atom stereocenters. The van der Waals surface area contributed by atoms with E-state index in [1.807, 2.05) is 43.3 Å². The van der Waals surface area contributed by atoms with E-state index in [-0.39, 0.29) is 5.54 Å². The third kappa shape index (κ3) is 1.39. The first kappa shape index (κ1) is 14.3. The Morgan fingerprint density at radius 1 is 0.875 bits per heavy atom. The van der Waals surface area contributed by atoms with Crippen LogP contribution in [0.3, 0.4) is 0 Å². The Labute approximate surface area is 141 Å². The van der Waals surface area contributed by atoms with E-state index in [1.54, 1.807) is 0 Å². The zero-order valence-electron chi connectivity index (χ0n) is 14.2. The van der Waals surface area contributed by atoms with E-state index in [2.05, 4.69) is 36.6 Å². The first-order valence-corrected chi connectivity index (χ1v) is 8.49. The molecule has 5 rings (SSSR count). The minimum atomic E-state index is -1.10. The molecule has 4 nitrogen and oxygen atoms in total. The summed E-state index contributed by atoms with van der Waals surface area (Å²) in [4.78, 5) is 0. The lowest BCUT2D eigenvalue weighted by atomic mass is 9.77. The summed E-state index contributed by atoms with van der Waals surface area (Å²) < 4.78 is 6.72. The predicted octanol–water partition coefficient (Wildman–Crippen LogP) is 3.54. The number of rotatable bonds is 0. The predicted molar refractivity (Wildman–Crippen MR) is 93.9 cm³/mol. The maximum absolute atomic E-state index is 11.4. The molecule has 24 heavy (non-hydrogen) atoms. The molecular formula is C20H22N2O2. The van der Waals surface area contributed by atoms with Crippen LogP contribution in [0.2, 0.25) is 0 Å². The third-order valence-electron chi connectivity index (χ3n) is 6.46. The van der Waals surface area contributed by atoms with Crippen molar-refractivity contribution in [3.05, 3.63) is 59.7 Å². The zero-order chi connectivity index (χ0) is 16.8. The monoisotopic (exact) mass is 322 g/mol. The molecule has 1 saturated heterocycles. The third-order valence-corrected chi connectivity index (χ3v) is 6.46. The number of fused-ring (bicyclic) bond motifs is 4. The van der Waals surface area contributed by atoms with Crippen molar-refractivity contribution in [3.63, 3.8) is 0 Å². The van der Waals surface area contributed by atoms with Gasteiger partial charge < -0.3 is 20.5 Å². The molecule has 1 spiro atoms. The van der Waals surface area contributed by atoms with Crippen LogP contribution in [0.5, 0.6) is 0 Å². The van der Waals surface area contributed by atoms with Gasteiger partial charge >= 0.3 is 0 Å². The van der Waals surface area contributed by atoms with Crippen LogP contribution in [0.25, 0.3) is 0 Å². The number of aliphatic hydroxyl groups is 1. The quantitative estimate of drug-likeness (QED) is 0.694. The fraction of sp³-hybridized carbons (Fsp3) is 0.400. The van der Waals surface area contributed by atoms with Crippen LogP contribution in [0, 0.1) is 0 Å². The molecule has 1 fully saturated rings. The summed E-state index contributed by atoms with van der Waals surface area (Å²) in [5.74, 6) is 0. The second-order valence-electron chi connectivity index (χ2n) is 7.88. The van der Waals surface area contributed by atoms with Crippen LogP contribution >= 0.6 is 0 Å². The van der Waals surface area contributed by atoms with E-state index in [0.29, 0.717) is 6.42 Å². The standard InChI is InChI=1S/C20H22N2O2/c1-17-12-20(18(2,23)13-8-4-6-10-15(13)22-20)24-19(17,3)14-9-5-7-11-16(14)21-17/h4-11,21-23H,12H2,1-3H3. The summed E-state index contributed by atoms with van der Waals surface area (Å²) >= 11 is 0. The van der Waals surface area contributed by atoms with E-state index in [4.69, 9.17) is 4.74 Å². The van der Waals surface area contributed by atoms with Crippen molar-refractivity contribution >= 4 is 11.4 Å². The Bertz CT molecular complexity index is 864. The smallest absolute Gasteiger partial charge is 0.175 e. The summed E-state index contributed by atoms with van der Waals surface area (Å²) in [6, 6.07) is 16.2. The van der Waals surface area contributed by atoms with Gasteiger partial charge in [-0.3, -0.25) is 0 Å². The van der Waals surface area contributed by atoms with Gasteiger partial charge in [-0.15, -0.1) is 0 Å². The van der Waals surface area contributed by atoms with Gasteiger partial charge in [0.05, 0.1) is 5.54 Å². The average Bonchev–Trinajstić information content (AvgIpc) is 2.98. The number of nitrogens with one attached hydrogen (secondary N) is 2. The van der Waals surface area contributed by atoms with Crippen molar-refractivity contribution < 1.29 is 9.84 Å². The molecule has 0 radical (unpaired) electrons. The molecule has 3 heterocycles. The zero-order valence-corrected chi connectivity index (χ0v) is 14.2. The molecule has 124 valence electrons. The van der Waals surface area contributed by atoms with Crippen LogP contribution in [0.15, 0.2) is 48.5 Å². The van der Waals surface area contributed by atoms with Crippen LogP contribution in [0.1, 0.15) is 38.3 Å². The van der Waals surface area contributed by atoms with Gasteiger partial charge in [-0.05, 0) is 32.9 Å². The second kappa shape index (κ2) is 3.95. The van der Waals surface area contributed by atoms with Crippen LogP contribution < -0.4 is 10.6 Å². The van der Waals surface area contributed by atoms with Gasteiger partial charge in [0, 0.05) is 28.9 Å². The van der Waals surface area contributed by atoms with Gasteiger partial charge in [-0.1, -0.05) is 36.4 Å². The van der Waals surface area contributed by atoms with Crippen molar-refractivity contribution in [2.45, 2.75) is 49.7 Å². The maximum Gasteiger partial charge on any atom is 0.175 e. The molecule has 3 aliphatic rings. The molecular weight excluding hydrogens is 300 g/mol. The van der Waals surface area contributed by atoms with Crippen molar-refractivity contribution in [1.82, 2.24) is 0 Å². The molecule has 2 aromatic carbocycles. The minimum absolute atomic E-state index is 0.296. The highest BCUT2D eigenvalue weighted by Gasteiger charge is 2.71. The molecule has 2 aromatic rings. The molecule has 3 N–H and O–H groups in total. The lowest BCUT2D eigenvalue weighted by Gasteiger charge is -2.38. The van der Waals surface area contributed by atoms with Gasteiger partial charge in [-0.2, -0.15) is 0 Å². The first-order valence-electron chi connectivity index (χ1n) is 8.49. The summed E-state index contributed by atoms with van der Waals surface area (Å²) in [5, 5.41) is 18.6. The number of para-hydroxylation sites is 2. The molecule has 0 saturated carbocycles. The average molecular weight is 322 g/mol. The highest BCUT2D eigenvalue weighted by molar-refractivity contribution is 5.67. The van der Waals surface area contributed by atoms with Crippen LogP contribution in [-0.4, -0.2) is 16.4 Å². The van der Waals surface area contributed by atoms with E-state index < -0.39 is 16.9 Å². The minimum Gasteiger partial charge on any atom is -0.380 e. The summed E-state index contributed by atoms with van der Waals surface area (Å²) in [7, 11) is 0. The number of anilines is 2. The van der Waals surface area contributed by atoms with Crippen LogP contribution in [-0.2, 0) is 15.9 Å². The lowest BCUT2D eigenvalue weighted by Crippen LogP contribution is -2.52. The van der Waals surface area contributed by atoms with Gasteiger partial charge in [0.2, 0.25) is 0 Å². The summed E-state index contributed by atoms with van der Waals surface area (Å²) in [6.07, 6.45) is 0.660. The number of ether oxygens (including phenoxy) is 1. The number of hydrogen-bond donors (Lipinski definition) is 3. The van der Waals surface area contributed by atoms with Gasteiger partial charge in [0.25, 0.3) is 0 Å². The normalized spacial score (nSPS) is 41.5. The fourth-order valence-electron chi connectivity index (χ4n) is 4.90. The van der Waals surface area contributed by atoms with Gasteiger partial charge in [-0.25, -0.2) is 0 Å². The van der Waals surface area contributed by atoms with Crippen molar-refractivity contribution in [3.8, 4) is 0 Å². The lowest BCUT2D eigenvalue weighted by molar-refractivity contribution is -0.181. The summed E-state index contributed by atoms with van der Waals surface area (Å²) in [6.45, 7) is 6.16. The Kier molecular flexibility index (Phi) is 2.36. The Morgan fingerprint density at radius 3 is 2.12 bits per heavy atom. The molecule has 0 bridgehead atoms. The Hall–Kier alpha value is -2.04. The van der Waals surface area contributed by atoms with E-state index in [0.717, 1.165) is 22.5 Å². The van der Waals surface area contributed by atoms with Crippen LogP contribution in [0.4, 0.5) is 11.4 Å².